The zero-order valence-corrected chi connectivity index (χ0v) is 22.8. The number of carboxylic acid groups (broad SMARTS) is 1. The van der Waals surface area contributed by atoms with Crippen LogP contribution in [0.25, 0.3) is 0 Å². The molecule has 0 bridgehead atoms. The van der Waals surface area contributed by atoms with E-state index < -0.39 is 34.0 Å². The van der Waals surface area contributed by atoms with Gasteiger partial charge in [-0.15, -0.1) is 0 Å². The third-order valence-corrected chi connectivity index (χ3v) is 8.36. The zero-order chi connectivity index (χ0) is 28.4. The number of halogens is 1. The van der Waals surface area contributed by atoms with Crippen LogP contribution in [0.4, 0.5) is 4.39 Å². The summed E-state index contributed by atoms with van der Waals surface area (Å²) in [6, 6.07) is 23.8. The smallest absolute Gasteiger partial charge is 0.303 e. The van der Waals surface area contributed by atoms with E-state index in [2.05, 4.69) is 9.88 Å². The van der Waals surface area contributed by atoms with Gasteiger partial charge in [-0.1, -0.05) is 78.0 Å². The Bertz CT molecular complexity index is 1370. The summed E-state index contributed by atoms with van der Waals surface area (Å²) in [7, 11) is -3.88. The highest BCUT2D eigenvalue weighted by Gasteiger charge is 2.36. The molecule has 40 heavy (non-hydrogen) atoms. The van der Waals surface area contributed by atoms with Gasteiger partial charge in [0.15, 0.2) is 6.10 Å². The Morgan fingerprint density at radius 1 is 1.00 bits per heavy atom. The molecular weight excluding hydrogens is 531 g/mol. The molecule has 2 N–H and O–H groups in total. The maximum Gasteiger partial charge on any atom is 0.303 e. The second kappa shape index (κ2) is 14.0. The molecule has 210 valence electrons. The van der Waals surface area contributed by atoms with Gasteiger partial charge in [-0.2, -0.15) is 0 Å². The summed E-state index contributed by atoms with van der Waals surface area (Å²) in [6.45, 7) is 0. The second-order valence-electron chi connectivity index (χ2n) is 9.71. The lowest BCUT2D eigenvalue weighted by Gasteiger charge is -2.21. The Balaban J connectivity index is 1.55. The highest BCUT2D eigenvalue weighted by molar-refractivity contribution is 7.89. The number of unbranched alkanes of at least 4 members (excludes halogenated alkanes) is 1. The molecule has 3 aromatic carbocycles. The fraction of sp³-hybridized carbons (Fsp3) is 0.290. The number of nitrogens with one attached hydrogen (secondary N) is 1. The van der Waals surface area contributed by atoms with E-state index in [1.165, 1.54) is 12.1 Å². The van der Waals surface area contributed by atoms with E-state index in [0.717, 1.165) is 29.0 Å². The molecule has 0 spiro atoms. The second-order valence-corrected chi connectivity index (χ2v) is 11.4. The Hall–Kier alpha value is -3.82. The molecule has 0 heterocycles. The molecular formula is C31H33FN2O5S. The minimum absolute atomic E-state index is 0.00767. The topological polar surface area (TPSA) is 105 Å². The van der Waals surface area contributed by atoms with Gasteiger partial charge in [0.1, 0.15) is 5.82 Å². The number of oxime groups is 1. The molecule has 0 amide bonds. The van der Waals surface area contributed by atoms with E-state index in [1.807, 2.05) is 72.8 Å². The number of carboxylic acids is 1. The quantitative estimate of drug-likeness (QED) is 0.145. The lowest BCUT2D eigenvalue weighted by molar-refractivity contribution is -0.137. The van der Waals surface area contributed by atoms with Crippen molar-refractivity contribution in [3.05, 3.63) is 114 Å². The highest BCUT2D eigenvalue weighted by atomic mass is 32.2. The minimum atomic E-state index is -3.88. The molecule has 1 aliphatic carbocycles. The number of sulfonamides is 1. The molecule has 0 radical (unpaired) electrons. The molecule has 1 saturated carbocycles. The van der Waals surface area contributed by atoms with Gasteiger partial charge in [-0.3, -0.25) is 4.79 Å². The molecule has 4 rings (SSSR count). The van der Waals surface area contributed by atoms with Crippen molar-refractivity contribution in [2.75, 3.05) is 0 Å². The average Bonchev–Trinajstić information content (AvgIpc) is 3.32. The normalized spacial score (nSPS) is 18.5. The van der Waals surface area contributed by atoms with E-state index in [9.17, 15) is 17.6 Å². The van der Waals surface area contributed by atoms with Crippen LogP contribution in [0.2, 0.25) is 0 Å². The van der Waals surface area contributed by atoms with Crippen molar-refractivity contribution in [2.45, 2.75) is 55.6 Å². The van der Waals surface area contributed by atoms with Gasteiger partial charge < -0.3 is 9.94 Å². The van der Waals surface area contributed by atoms with Crippen LogP contribution >= 0.6 is 0 Å². The maximum atomic E-state index is 13.4. The molecule has 3 aromatic rings. The summed E-state index contributed by atoms with van der Waals surface area (Å²) in [5, 5.41) is 13.4. The van der Waals surface area contributed by atoms with Crippen molar-refractivity contribution < 1.29 is 27.5 Å². The minimum Gasteiger partial charge on any atom is -0.481 e. The van der Waals surface area contributed by atoms with Crippen molar-refractivity contribution in [3.63, 3.8) is 0 Å². The zero-order valence-electron chi connectivity index (χ0n) is 22.0. The van der Waals surface area contributed by atoms with E-state index >= 15 is 0 Å². The van der Waals surface area contributed by atoms with E-state index in [4.69, 9.17) is 9.94 Å². The van der Waals surface area contributed by atoms with Gasteiger partial charge in [0, 0.05) is 18.4 Å². The Labute approximate surface area is 234 Å². The SMILES string of the molecule is O=C(O)CCC/C=C\C[C@H]1/C(=N/OC(c2ccccc2)c2ccccc2)CC[C@@H]1NS(=O)(=O)c1ccc(F)cc1. The first-order valence-electron chi connectivity index (χ1n) is 13.3. The summed E-state index contributed by atoms with van der Waals surface area (Å²) in [6.07, 6.45) is 6.24. The Kier molecular flexibility index (Phi) is 10.2. The highest BCUT2D eigenvalue weighted by Crippen LogP contribution is 2.31. The summed E-state index contributed by atoms with van der Waals surface area (Å²) >= 11 is 0. The molecule has 0 aliphatic heterocycles. The summed E-state index contributed by atoms with van der Waals surface area (Å²) in [4.78, 5) is 16.9. The van der Waals surface area contributed by atoms with Gasteiger partial charge in [-0.25, -0.2) is 17.5 Å². The largest absolute Gasteiger partial charge is 0.481 e. The number of rotatable bonds is 13. The van der Waals surface area contributed by atoms with Crippen LogP contribution in [0.1, 0.15) is 55.8 Å². The van der Waals surface area contributed by atoms with Crippen LogP contribution in [0.3, 0.4) is 0 Å². The third kappa shape index (κ3) is 8.09. The van der Waals surface area contributed by atoms with Gasteiger partial charge in [0.25, 0.3) is 0 Å². The van der Waals surface area contributed by atoms with E-state index in [-0.39, 0.29) is 17.2 Å². The van der Waals surface area contributed by atoms with Crippen molar-refractivity contribution in [1.82, 2.24) is 4.72 Å². The van der Waals surface area contributed by atoms with Gasteiger partial charge in [-0.05, 0) is 67.5 Å². The number of aliphatic carboxylic acids is 1. The molecule has 2 atom stereocenters. The molecule has 1 fully saturated rings. The first-order valence-corrected chi connectivity index (χ1v) is 14.8. The van der Waals surface area contributed by atoms with Crippen LogP contribution in [-0.2, 0) is 19.7 Å². The van der Waals surface area contributed by atoms with Crippen molar-refractivity contribution in [1.29, 1.82) is 0 Å². The van der Waals surface area contributed by atoms with Crippen LogP contribution in [0, 0.1) is 11.7 Å². The Morgan fingerprint density at radius 2 is 1.62 bits per heavy atom. The number of carbonyl (C=O) groups is 1. The van der Waals surface area contributed by atoms with Gasteiger partial charge >= 0.3 is 5.97 Å². The summed E-state index contributed by atoms with van der Waals surface area (Å²) in [5.74, 6) is -1.61. The third-order valence-electron chi connectivity index (χ3n) is 6.85. The molecule has 1 aliphatic rings. The van der Waals surface area contributed by atoms with Gasteiger partial charge in [0.2, 0.25) is 10.0 Å². The summed E-state index contributed by atoms with van der Waals surface area (Å²) < 4.78 is 42.3. The van der Waals surface area contributed by atoms with Crippen LogP contribution in [0.15, 0.2) is 107 Å². The Morgan fingerprint density at radius 3 is 2.23 bits per heavy atom. The maximum absolute atomic E-state index is 13.4. The molecule has 7 nitrogen and oxygen atoms in total. The van der Waals surface area contributed by atoms with Crippen LogP contribution < -0.4 is 4.72 Å². The first-order chi connectivity index (χ1) is 19.3. The molecule has 0 aromatic heterocycles. The fourth-order valence-electron chi connectivity index (χ4n) is 4.78. The number of allylic oxidation sites excluding steroid dienone is 2. The molecule has 0 unspecified atom stereocenters. The van der Waals surface area contributed by atoms with E-state index in [1.54, 1.807) is 0 Å². The lowest BCUT2D eigenvalue weighted by Crippen LogP contribution is -2.38. The predicted octanol–water partition coefficient (Wildman–Crippen LogP) is 6.25. The lowest BCUT2D eigenvalue weighted by atomic mass is 9.98. The van der Waals surface area contributed by atoms with Crippen LogP contribution in [0.5, 0.6) is 0 Å². The van der Waals surface area contributed by atoms with Crippen molar-refractivity contribution in [3.8, 4) is 0 Å². The molecule has 9 heteroatoms. The standard InChI is InChI=1S/C31H33FN2O5S/c32-25-17-19-26(20-18-25)40(37,38)34-29-22-21-28(27(29)15-9-1-2-10-16-30(35)36)33-39-31(23-11-5-3-6-12-23)24-13-7-4-8-14-24/h1,3-9,11-14,17-20,27,29,31,34H,2,10,15-16,21-22H2,(H,35,36)/b9-1-,33-28+/t27-,29-/m0/s1. The first kappa shape index (κ1) is 29.2. The van der Waals surface area contributed by atoms with Gasteiger partial charge in [0.05, 0.1) is 10.6 Å². The van der Waals surface area contributed by atoms with Crippen molar-refractivity contribution in [2.24, 2.45) is 11.1 Å². The average molecular weight is 565 g/mol. The number of benzene rings is 3. The van der Waals surface area contributed by atoms with Crippen LogP contribution in [-0.4, -0.2) is 31.2 Å². The number of hydrogen-bond acceptors (Lipinski definition) is 5. The summed E-state index contributed by atoms with van der Waals surface area (Å²) in [5.41, 5.74) is 2.64. The van der Waals surface area contributed by atoms with Crippen molar-refractivity contribution >= 4 is 21.7 Å². The number of nitrogens with zero attached hydrogens (tertiary/aromatic N) is 1. The fourth-order valence-corrected chi connectivity index (χ4v) is 6.09. The van der Waals surface area contributed by atoms with E-state index in [0.29, 0.717) is 32.1 Å². The monoisotopic (exact) mass is 564 g/mol. The number of hydrogen-bond donors (Lipinski definition) is 2. The predicted molar refractivity (Wildman–Crippen MR) is 152 cm³/mol. The molecule has 0 saturated heterocycles.